The molecule has 0 saturated carbocycles. The van der Waals surface area contributed by atoms with E-state index in [1.54, 1.807) is 0 Å². The van der Waals surface area contributed by atoms with Crippen LogP contribution in [-0.2, 0) is 0 Å². The van der Waals surface area contributed by atoms with Gasteiger partial charge in [0.2, 0.25) is 11.7 Å². The fourth-order valence-corrected chi connectivity index (χ4v) is 6.85. The van der Waals surface area contributed by atoms with Crippen molar-refractivity contribution < 1.29 is 0 Å². The Morgan fingerprint density at radius 1 is 0.444 bits per heavy atom. The van der Waals surface area contributed by atoms with E-state index in [-0.39, 0.29) is 0 Å². The number of benzene rings is 6. The smallest absolute Gasteiger partial charge is 0.237 e. The molecule has 6 heteroatoms. The lowest BCUT2D eigenvalue weighted by molar-refractivity contribution is 0.984. The maximum atomic E-state index is 5.06. The van der Waals surface area contributed by atoms with E-state index in [0.29, 0.717) is 5.95 Å². The Morgan fingerprint density at radius 2 is 1.13 bits per heavy atom. The first-order valence-corrected chi connectivity index (χ1v) is 15.0. The van der Waals surface area contributed by atoms with Crippen LogP contribution in [0.1, 0.15) is 0 Å². The molecule has 4 heterocycles. The minimum absolute atomic E-state index is 0.604. The van der Waals surface area contributed by atoms with Crippen LogP contribution in [0.4, 0.5) is 0 Å². The van der Waals surface area contributed by atoms with E-state index < -0.39 is 0 Å². The van der Waals surface area contributed by atoms with Crippen LogP contribution in [0.5, 0.6) is 0 Å². The SMILES string of the molecule is c1ccc(-n2c3ccccc3c3cc(-c4ccc5c(c4)n4c6ccccc6nc4n5-c4ncc5ccccc5n4)ccc32)cc1. The van der Waals surface area contributed by atoms with Crippen molar-refractivity contribution >= 4 is 60.6 Å². The number of aromatic nitrogens is 6. The molecule has 210 valence electrons. The average molecular weight is 577 g/mol. The molecule has 0 fully saturated rings. The second-order valence-corrected chi connectivity index (χ2v) is 11.4. The van der Waals surface area contributed by atoms with Crippen LogP contribution < -0.4 is 0 Å². The zero-order valence-electron chi connectivity index (χ0n) is 24.0. The van der Waals surface area contributed by atoms with Gasteiger partial charge in [-0.3, -0.25) is 4.40 Å². The summed E-state index contributed by atoms with van der Waals surface area (Å²) in [7, 11) is 0. The van der Waals surface area contributed by atoms with Crippen LogP contribution in [-0.4, -0.2) is 28.5 Å². The predicted molar refractivity (Wildman–Crippen MR) is 182 cm³/mol. The summed E-state index contributed by atoms with van der Waals surface area (Å²) in [6.07, 6.45) is 1.89. The highest BCUT2D eigenvalue weighted by molar-refractivity contribution is 6.10. The Labute approximate surface area is 257 Å². The average Bonchev–Trinajstić information content (AvgIpc) is 3.74. The van der Waals surface area contributed by atoms with Crippen LogP contribution in [0.25, 0.3) is 83.3 Å². The Morgan fingerprint density at radius 3 is 2.02 bits per heavy atom. The van der Waals surface area contributed by atoms with Gasteiger partial charge in [-0.1, -0.05) is 78.9 Å². The highest BCUT2D eigenvalue weighted by Crippen LogP contribution is 2.37. The third kappa shape index (κ3) is 3.48. The van der Waals surface area contributed by atoms with Gasteiger partial charge in [-0.05, 0) is 71.8 Å². The fourth-order valence-electron chi connectivity index (χ4n) is 6.85. The van der Waals surface area contributed by atoms with Crippen molar-refractivity contribution in [2.24, 2.45) is 0 Å². The lowest BCUT2D eigenvalue weighted by Gasteiger charge is -2.08. The number of para-hydroxylation sites is 5. The fraction of sp³-hybridized carbons (Fsp3) is 0. The van der Waals surface area contributed by atoms with E-state index in [4.69, 9.17) is 15.0 Å². The van der Waals surface area contributed by atoms with Crippen LogP contribution >= 0.6 is 0 Å². The quantitative estimate of drug-likeness (QED) is 0.211. The maximum Gasteiger partial charge on any atom is 0.237 e. The van der Waals surface area contributed by atoms with Crippen molar-refractivity contribution in [2.75, 3.05) is 0 Å². The van der Waals surface area contributed by atoms with Crippen LogP contribution in [0, 0.1) is 0 Å². The van der Waals surface area contributed by atoms with E-state index >= 15 is 0 Å². The lowest BCUT2D eigenvalue weighted by Crippen LogP contribution is -2.01. The van der Waals surface area contributed by atoms with E-state index in [1.807, 2.05) is 36.5 Å². The largest absolute Gasteiger partial charge is 0.309 e. The van der Waals surface area contributed by atoms with E-state index in [1.165, 1.54) is 21.8 Å². The van der Waals surface area contributed by atoms with Gasteiger partial charge in [0, 0.05) is 28.0 Å². The van der Waals surface area contributed by atoms with Crippen LogP contribution in [0.2, 0.25) is 0 Å². The van der Waals surface area contributed by atoms with Crippen molar-refractivity contribution in [3.63, 3.8) is 0 Å². The molecule has 6 aromatic carbocycles. The summed E-state index contributed by atoms with van der Waals surface area (Å²) >= 11 is 0. The molecule has 0 amide bonds. The molecule has 0 N–H and O–H groups in total. The molecule has 0 atom stereocenters. The van der Waals surface area contributed by atoms with Crippen molar-refractivity contribution in [3.8, 4) is 22.8 Å². The summed E-state index contributed by atoms with van der Waals surface area (Å²) in [5.74, 6) is 1.40. The summed E-state index contributed by atoms with van der Waals surface area (Å²) < 4.78 is 6.65. The van der Waals surface area contributed by atoms with Crippen LogP contribution in [0.3, 0.4) is 0 Å². The molecule has 4 aromatic heterocycles. The zero-order valence-corrected chi connectivity index (χ0v) is 24.0. The summed E-state index contributed by atoms with van der Waals surface area (Å²) in [5, 5.41) is 3.47. The minimum Gasteiger partial charge on any atom is -0.309 e. The molecule has 6 nitrogen and oxygen atoms in total. The molecule has 0 unspecified atom stereocenters. The first-order chi connectivity index (χ1) is 22.3. The third-order valence-electron chi connectivity index (χ3n) is 8.90. The van der Waals surface area contributed by atoms with Crippen molar-refractivity contribution in [3.05, 3.63) is 146 Å². The first kappa shape index (κ1) is 24.2. The molecule has 45 heavy (non-hydrogen) atoms. The Balaban J connectivity index is 1.23. The van der Waals surface area contributed by atoms with Gasteiger partial charge in [-0.2, -0.15) is 0 Å². The topological polar surface area (TPSA) is 52.9 Å². The third-order valence-corrected chi connectivity index (χ3v) is 8.90. The van der Waals surface area contributed by atoms with Crippen molar-refractivity contribution in [1.29, 1.82) is 0 Å². The predicted octanol–water partition coefficient (Wildman–Crippen LogP) is 9.14. The molecule has 0 saturated heterocycles. The summed E-state index contributed by atoms with van der Waals surface area (Å²) in [4.78, 5) is 14.8. The normalized spacial score (nSPS) is 12.0. The molecular formula is C39H24N6. The van der Waals surface area contributed by atoms with Crippen molar-refractivity contribution in [2.45, 2.75) is 0 Å². The molecule has 0 radical (unpaired) electrons. The number of nitrogens with zero attached hydrogens (tertiary/aromatic N) is 6. The van der Waals surface area contributed by atoms with Gasteiger partial charge in [0.05, 0.1) is 38.6 Å². The van der Waals surface area contributed by atoms with E-state index in [2.05, 4.69) is 123 Å². The Hall–Kier alpha value is -6.27. The molecule has 10 rings (SSSR count). The zero-order chi connectivity index (χ0) is 29.5. The van der Waals surface area contributed by atoms with Gasteiger partial charge in [0.15, 0.2) is 0 Å². The van der Waals surface area contributed by atoms with E-state index in [0.717, 1.165) is 55.6 Å². The molecular weight excluding hydrogens is 552 g/mol. The maximum absolute atomic E-state index is 5.06. The minimum atomic E-state index is 0.604. The number of hydrogen-bond acceptors (Lipinski definition) is 3. The van der Waals surface area contributed by atoms with Crippen molar-refractivity contribution in [1.82, 2.24) is 28.5 Å². The number of imidazole rings is 2. The van der Waals surface area contributed by atoms with Gasteiger partial charge in [0.1, 0.15) is 0 Å². The highest BCUT2D eigenvalue weighted by Gasteiger charge is 2.20. The molecule has 0 aliphatic rings. The molecule has 0 aliphatic heterocycles. The molecule has 10 aromatic rings. The number of fused-ring (bicyclic) bond motifs is 9. The molecule has 0 aliphatic carbocycles. The number of rotatable bonds is 3. The lowest BCUT2D eigenvalue weighted by atomic mass is 10.0. The molecule has 0 spiro atoms. The highest BCUT2D eigenvalue weighted by atomic mass is 15.3. The van der Waals surface area contributed by atoms with Crippen LogP contribution in [0.15, 0.2) is 146 Å². The monoisotopic (exact) mass is 576 g/mol. The van der Waals surface area contributed by atoms with Gasteiger partial charge >= 0.3 is 0 Å². The standard InChI is InChI=1S/C39H24N6/c1-2-11-28(12-3-1)43-33-16-8-5-13-29(33)30-22-25(18-20-34(30)43)26-19-21-36-37(23-26)44-35-17-9-7-15-32(35)42-39(44)45(36)38-40-24-27-10-4-6-14-31(27)41-38/h1-24H. The first-order valence-electron chi connectivity index (χ1n) is 15.0. The second-order valence-electron chi connectivity index (χ2n) is 11.4. The van der Waals surface area contributed by atoms with Gasteiger partial charge in [-0.15, -0.1) is 0 Å². The summed E-state index contributed by atoms with van der Waals surface area (Å²) in [6.45, 7) is 0. The second kappa shape index (κ2) is 9.11. The Bertz CT molecular complexity index is 2770. The van der Waals surface area contributed by atoms with Gasteiger partial charge in [0.25, 0.3) is 0 Å². The molecule has 0 bridgehead atoms. The summed E-state index contributed by atoms with van der Waals surface area (Å²) in [6, 6.07) is 49.0. The summed E-state index contributed by atoms with van der Waals surface area (Å²) in [5.41, 5.74) is 10.8. The van der Waals surface area contributed by atoms with Gasteiger partial charge in [-0.25, -0.2) is 19.5 Å². The van der Waals surface area contributed by atoms with E-state index in [9.17, 15) is 0 Å². The number of hydrogen-bond donors (Lipinski definition) is 0. The Kier molecular flexibility index (Phi) is 4.90. The van der Waals surface area contributed by atoms with Gasteiger partial charge < -0.3 is 4.57 Å².